The molecule has 0 aromatic carbocycles. The zero-order valence-corrected chi connectivity index (χ0v) is 12.7. The molecular weight excluding hydrogens is 234 g/mol. The van der Waals surface area contributed by atoms with Crippen LogP contribution in [0.15, 0.2) is 18.3 Å². The summed E-state index contributed by atoms with van der Waals surface area (Å²) >= 11 is 0. The first-order valence-electron chi connectivity index (χ1n) is 7.55. The molecule has 3 nitrogen and oxygen atoms in total. The van der Waals surface area contributed by atoms with Gasteiger partial charge in [-0.2, -0.15) is 0 Å². The van der Waals surface area contributed by atoms with E-state index in [0.717, 1.165) is 18.0 Å². The highest BCUT2D eigenvalue weighted by molar-refractivity contribution is 5.46. The van der Waals surface area contributed by atoms with Gasteiger partial charge in [-0.25, -0.2) is 0 Å². The van der Waals surface area contributed by atoms with Gasteiger partial charge in [0.1, 0.15) is 0 Å². The van der Waals surface area contributed by atoms with Crippen LogP contribution in [0.3, 0.4) is 0 Å². The van der Waals surface area contributed by atoms with Gasteiger partial charge in [0, 0.05) is 18.6 Å². The Morgan fingerprint density at radius 1 is 1.37 bits per heavy atom. The number of rotatable bonds is 7. The molecule has 1 saturated carbocycles. The first-order valence-corrected chi connectivity index (χ1v) is 7.55. The van der Waals surface area contributed by atoms with Crippen molar-refractivity contribution in [3.05, 3.63) is 24.0 Å². The molecule has 1 heterocycles. The van der Waals surface area contributed by atoms with E-state index in [4.69, 9.17) is 0 Å². The minimum atomic E-state index is 0.366. The Labute approximate surface area is 117 Å². The fraction of sp³-hybridized carbons (Fsp3) is 0.688. The molecule has 1 aliphatic carbocycles. The molecule has 0 saturated heterocycles. The molecule has 19 heavy (non-hydrogen) atoms. The molecule has 0 radical (unpaired) electrons. The van der Waals surface area contributed by atoms with E-state index >= 15 is 0 Å². The third-order valence-corrected chi connectivity index (χ3v) is 3.99. The van der Waals surface area contributed by atoms with Gasteiger partial charge < -0.3 is 10.2 Å². The number of hydrogen-bond acceptors (Lipinski definition) is 3. The lowest BCUT2D eigenvalue weighted by Crippen LogP contribution is -2.32. The number of hydrogen-bond donors (Lipinski definition) is 1. The maximum atomic E-state index is 4.65. The van der Waals surface area contributed by atoms with Gasteiger partial charge in [-0.15, -0.1) is 0 Å². The normalized spacial score (nSPS) is 16.7. The van der Waals surface area contributed by atoms with Gasteiger partial charge in [0.15, 0.2) is 0 Å². The first-order chi connectivity index (χ1) is 9.15. The number of nitrogens with one attached hydrogen (secondary N) is 1. The number of aromatic nitrogens is 1. The quantitative estimate of drug-likeness (QED) is 0.815. The van der Waals surface area contributed by atoms with E-state index in [-0.39, 0.29) is 0 Å². The number of pyridine rings is 1. The maximum Gasteiger partial charge on any atom is 0.0574 e. The average molecular weight is 261 g/mol. The van der Waals surface area contributed by atoms with Gasteiger partial charge in [0.05, 0.1) is 17.6 Å². The fourth-order valence-electron chi connectivity index (χ4n) is 2.53. The van der Waals surface area contributed by atoms with Crippen LogP contribution in [0, 0.1) is 5.92 Å². The van der Waals surface area contributed by atoms with Gasteiger partial charge in [0.25, 0.3) is 0 Å². The molecule has 2 rings (SSSR count). The molecule has 1 atom stereocenters. The molecule has 3 heteroatoms. The van der Waals surface area contributed by atoms with E-state index in [0.29, 0.717) is 12.1 Å². The van der Waals surface area contributed by atoms with Gasteiger partial charge in [-0.1, -0.05) is 6.92 Å². The van der Waals surface area contributed by atoms with E-state index in [1.165, 1.54) is 25.1 Å². The summed E-state index contributed by atoms with van der Waals surface area (Å²) in [7, 11) is 2.00. The average Bonchev–Trinajstić information content (AvgIpc) is 3.22. The van der Waals surface area contributed by atoms with Crippen LogP contribution in [0.5, 0.6) is 0 Å². The molecule has 1 unspecified atom stereocenters. The summed E-state index contributed by atoms with van der Waals surface area (Å²) in [4.78, 5) is 7.13. The lowest BCUT2D eigenvalue weighted by molar-refractivity contribution is 0.561. The van der Waals surface area contributed by atoms with Crippen LogP contribution in [-0.4, -0.2) is 24.6 Å². The number of nitrogens with zero attached hydrogens (tertiary/aromatic N) is 2. The standard InChI is InChI=1S/C16H27N3/c1-5-15(17-4)16-9-8-14(10-18-16)19(12(2)3)11-13-6-7-13/h8-10,12-13,15,17H,5-7,11H2,1-4H3. The molecule has 0 amide bonds. The minimum Gasteiger partial charge on any atom is -0.368 e. The predicted octanol–water partition coefficient (Wildman–Crippen LogP) is 3.38. The molecule has 0 spiro atoms. The van der Waals surface area contributed by atoms with Crippen LogP contribution in [0.1, 0.15) is 51.8 Å². The zero-order chi connectivity index (χ0) is 13.8. The van der Waals surface area contributed by atoms with Crippen LogP contribution in [0.25, 0.3) is 0 Å². The Hall–Kier alpha value is -1.09. The third kappa shape index (κ3) is 3.69. The number of anilines is 1. The van der Waals surface area contributed by atoms with Crippen molar-refractivity contribution in [1.29, 1.82) is 0 Å². The van der Waals surface area contributed by atoms with Crippen molar-refractivity contribution in [2.45, 2.75) is 52.1 Å². The topological polar surface area (TPSA) is 28.2 Å². The molecule has 106 valence electrons. The molecule has 1 aromatic heterocycles. The smallest absolute Gasteiger partial charge is 0.0574 e. The summed E-state index contributed by atoms with van der Waals surface area (Å²) in [5.74, 6) is 0.905. The summed E-state index contributed by atoms with van der Waals surface area (Å²) in [5.41, 5.74) is 2.40. The minimum absolute atomic E-state index is 0.366. The fourth-order valence-corrected chi connectivity index (χ4v) is 2.53. The van der Waals surface area contributed by atoms with E-state index in [1.54, 1.807) is 0 Å². The molecule has 1 aliphatic rings. The van der Waals surface area contributed by atoms with Crippen molar-refractivity contribution in [1.82, 2.24) is 10.3 Å². The van der Waals surface area contributed by atoms with E-state index in [9.17, 15) is 0 Å². The van der Waals surface area contributed by atoms with E-state index < -0.39 is 0 Å². The van der Waals surface area contributed by atoms with Crippen molar-refractivity contribution in [2.24, 2.45) is 5.92 Å². The Kier molecular flexibility index (Phi) is 4.81. The summed E-state index contributed by atoms with van der Waals surface area (Å²) in [6.07, 6.45) is 5.90. The van der Waals surface area contributed by atoms with Crippen LogP contribution in [-0.2, 0) is 0 Å². The van der Waals surface area contributed by atoms with Crippen LogP contribution in [0.4, 0.5) is 5.69 Å². The van der Waals surface area contributed by atoms with Gasteiger partial charge in [-0.05, 0) is 58.2 Å². The maximum absolute atomic E-state index is 4.65. The van der Waals surface area contributed by atoms with Gasteiger partial charge in [-0.3, -0.25) is 4.98 Å². The monoisotopic (exact) mass is 261 g/mol. The molecule has 1 aromatic rings. The van der Waals surface area contributed by atoms with Gasteiger partial charge in [0.2, 0.25) is 0 Å². The van der Waals surface area contributed by atoms with Crippen molar-refractivity contribution in [2.75, 3.05) is 18.5 Å². The lowest BCUT2D eigenvalue weighted by atomic mass is 10.1. The molecular formula is C16H27N3. The summed E-state index contributed by atoms with van der Waals surface area (Å²) < 4.78 is 0. The van der Waals surface area contributed by atoms with Crippen molar-refractivity contribution < 1.29 is 0 Å². The second-order valence-electron chi connectivity index (χ2n) is 5.88. The summed E-state index contributed by atoms with van der Waals surface area (Å²) in [6.45, 7) is 7.89. The first kappa shape index (κ1) is 14.3. The second-order valence-corrected chi connectivity index (χ2v) is 5.88. The summed E-state index contributed by atoms with van der Waals surface area (Å²) in [5, 5.41) is 3.31. The highest BCUT2D eigenvalue weighted by atomic mass is 15.2. The highest BCUT2D eigenvalue weighted by Gasteiger charge is 2.25. The molecule has 0 aliphatic heterocycles. The van der Waals surface area contributed by atoms with E-state index in [2.05, 4.69) is 48.1 Å². The van der Waals surface area contributed by atoms with Crippen LogP contribution < -0.4 is 10.2 Å². The Morgan fingerprint density at radius 2 is 2.11 bits per heavy atom. The highest BCUT2D eigenvalue weighted by Crippen LogP contribution is 2.32. The van der Waals surface area contributed by atoms with Crippen LogP contribution in [0.2, 0.25) is 0 Å². The second kappa shape index (κ2) is 6.38. The Morgan fingerprint density at radius 3 is 2.53 bits per heavy atom. The lowest BCUT2D eigenvalue weighted by Gasteiger charge is -2.29. The van der Waals surface area contributed by atoms with Crippen LogP contribution >= 0.6 is 0 Å². The molecule has 1 fully saturated rings. The predicted molar refractivity (Wildman–Crippen MR) is 81.5 cm³/mol. The Balaban J connectivity index is 2.10. The van der Waals surface area contributed by atoms with Gasteiger partial charge >= 0.3 is 0 Å². The van der Waals surface area contributed by atoms with Crippen molar-refractivity contribution >= 4 is 5.69 Å². The zero-order valence-electron chi connectivity index (χ0n) is 12.7. The molecule has 0 bridgehead atoms. The van der Waals surface area contributed by atoms with Crippen molar-refractivity contribution in [3.63, 3.8) is 0 Å². The largest absolute Gasteiger partial charge is 0.368 e. The van der Waals surface area contributed by atoms with E-state index in [1.807, 2.05) is 13.2 Å². The molecule has 1 N–H and O–H groups in total. The Bertz CT molecular complexity index is 377. The SMILES string of the molecule is CCC(NC)c1ccc(N(CC2CC2)C(C)C)cn1. The third-order valence-electron chi connectivity index (χ3n) is 3.99. The van der Waals surface area contributed by atoms with Crippen molar-refractivity contribution in [3.8, 4) is 0 Å². The summed E-state index contributed by atoms with van der Waals surface area (Å²) in [6, 6.07) is 5.30.